The number of unbranched alkanes of at least 4 members (excludes halogenated alkanes) is 12. The van der Waals surface area contributed by atoms with Crippen LogP contribution in [0, 0.1) is 5.92 Å². The van der Waals surface area contributed by atoms with E-state index in [1.54, 1.807) is 0 Å². The van der Waals surface area contributed by atoms with Gasteiger partial charge >= 0.3 is 0 Å². The molecule has 0 saturated heterocycles. The van der Waals surface area contributed by atoms with Gasteiger partial charge in [-0.15, -0.1) is 0 Å². The number of ketones is 2. The van der Waals surface area contributed by atoms with Gasteiger partial charge in [0.25, 0.3) is 0 Å². The van der Waals surface area contributed by atoms with Crippen molar-refractivity contribution in [1.29, 1.82) is 0 Å². The van der Waals surface area contributed by atoms with Crippen LogP contribution in [0.2, 0.25) is 0 Å². The maximum atomic E-state index is 12.2. The van der Waals surface area contributed by atoms with E-state index in [-0.39, 0.29) is 12.3 Å². The lowest BCUT2D eigenvalue weighted by molar-refractivity contribution is -0.143. The first-order valence-electron chi connectivity index (χ1n) is 12.5. The molecular weight excluding hydrogens is 380 g/mol. The predicted octanol–water partition coefficient (Wildman–Crippen LogP) is 5.13. The second-order valence-electron chi connectivity index (χ2n) is 8.84. The van der Waals surface area contributed by atoms with Crippen LogP contribution < -0.4 is 0 Å². The third-order valence-corrected chi connectivity index (χ3v) is 6.02. The molecule has 0 aliphatic rings. The normalized spacial score (nSPS) is 14.4. The number of carbonyl (C=O) groups is 2. The Morgan fingerprint density at radius 1 is 0.667 bits per heavy atom. The summed E-state index contributed by atoms with van der Waals surface area (Å²) in [6, 6.07) is 0. The summed E-state index contributed by atoms with van der Waals surface area (Å²) in [5.74, 6) is -1.87. The SMILES string of the molecule is CCCCCCCCCCCCCC(CC(=O)C(=O)C(O)CO)C(O)CCCCC. The van der Waals surface area contributed by atoms with Gasteiger partial charge in [-0.2, -0.15) is 0 Å². The summed E-state index contributed by atoms with van der Waals surface area (Å²) < 4.78 is 0. The van der Waals surface area contributed by atoms with Crippen LogP contribution >= 0.6 is 0 Å². The Bertz CT molecular complexity index is 424. The largest absolute Gasteiger partial charge is 0.393 e. The van der Waals surface area contributed by atoms with E-state index in [4.69, 9.17) is 5.11 Å². The summed E-state index contributed by atoms with van der Waals surface area (Å²) in [5, 5.41) is 28.8. The van der Waals surface area contributed by atoms with E-state index in [9.17, 15) is 19.8 Å². The topological polar surface area (TPSA) is 94.8 Å². The Balaban J connectivity index is 4.22. The van der Waals surface area contributed by atoms with Gasteiger partial charge in [0.2, 0.25) is 11.6 Å². The second-order valence-corrected chi connectivity index (χ2v) is 8.84. The molecule has 0 rings (SSSR count). The standard InChI is InChI=1S/C25H48O5/c1-3-5-7-8-9-10-11-12-13-14-16-17-21(22(27)18-15-6-4-2)19-23(28)25(30)24(29)20-26/h21-22,24,26-27,29H,3-20H2,1-2H3. The molecule has 0 amide bonds. The van der Waals surface area contributed by atoms with Crippen molar-refractivity contribution in [3.8, 4) is 0 Å². The molecule has 30 heavy (non-hydrogen) atoms. The zero-order chi connectivity index (χ0) is 22.6. The molecule has 0 aromatic heterocycles. The minimum Gasteiger partial charge on any atom is -0.393 e. The Kier molecular flexibility index (Phi) is 19.6. The molecule has 3 atom stereocenters. The third-order valence-electron chi connectivity index (χ3n) is 6.02. The van der Waals surface area contributed by atoms with E-state index < -0.39 is 30.4 Å². The van der Waals surface area contributed by atoms with E-state index in [0.29, 0.717) is 6.42 Å². The van der Waals surface area contributed by atoms with Crippen molar-refractivity contribution in [1.82, 2.24) is 0 Å². The van der Waals surface area contributed by atoms with E-state index in [1.807, 2.05) is 0 Å². The maximum absolute atomic E-state index is 12.2. The molecule has 0 bridgehead atoms. The summed E-state index contributed by atoms with van der Waals surface area (Å²) in [4.78, 5) is 24.0. The molecule has 0 fully saturated rings. The zero-order valence-corrected chi connectivity index (χ0v) is 19.6. The van der Waals surface area contributed by atoms with Crippen LogP contribution in [0.1, 0.15) is 123 Å². The smallest absolute Gasteiger partial charge is 0.229 e. The van der Waals surface area contributed by atoms with Crippen LogP contribution in [0.25, 0.3) is 0 Å². The van der Waals surface area contributed by atoms with Crippen LogP contribution in [-0.4, -0.2) is 45.7 Å². The van der Waals surface area contributed by atoms with Gasteiger partial charge in [-0.25, -0.2) is 0 Å². The number of rotatable bonds is 22. The second kappa shape index (κ2) is 20.1. The Morgan fingerprint density at radius 3 is 1.60 bits per heavy atom. The average molecular weight is 429 g/mol. The number of aliphatic hydroxyl groups excluding tert-OH is 3. The lowest BCUT2D eigenvalue weighted by Gasteiger charge is -2.22. The van der Waals surface area contributed by atoms with Crippen LogP contribution in [0.15, 0.2) is 0 Å². The fourth-order valence-electron chi connectivity index (χ4n) is 3.95. The number of aliphatic hydroxyl groups is 3. The highest BCUT2D eigenvalue weighted by Gasteiger charge is 2.28. The molecule has 0 radical (unpaired) electrons. The highest BCUT2D eigenvalue weighted by molar-refractivity contribution is 6.38. The van der Waals surface area contributed by atoms with E-state index in [2.05, 4.69) is 13.8 Å². The molecule has 0 aliphatic carbocycles. The molecule has 0 aromatic rings. The van der Waals surface area contributed by atoms with E-state index in [0.717, 1.165) is 38.5 Å². The summed E-state index contributed by atoms with van der Waals surface area (Å²) in [6.07, 6.45) is 15.8. The van der Waals surface area contributed by atoms with Gasteiger partial charge in [0.1, 0.15) is 6.10 Å². The Morgan fingerprint density at radius 2 is 1.10 bits per heavy atom. The van der Waals surface area contributed by atoms with Gasteiger partial charge in [-0.1, -0.05) is 104 Å². The third kappa shape index (κ3) is 15.1. The Labute approximate surface area is 184 Å². The minimum absolute atomic E-state index is 0.0407. The highest BCUT2D eigenvalue weighted by Crippen LogP contribution is 2.23. The lowest BCUT2D eigenvalue weighted by atomic mass is 9.86. The predicted molar refractivity (Wildman–Crippen MR) is 122 cm³/mol. The van der Waals surface area contributed by atoms with Crippen LogP contribution in [0.4, 0.5) is 0 Å². The summed E-state index contributed by atoms with van der Waals surface area (Å²) in [7, 11) is 0. The molecule has 0 spiro atoms. The van der Waals surface area contributed by atoms with Gasteiger partial charge in [-0.05, 0) is 18.8 Å². The number of hydrogen-bond donors (Lipinski definition) is 3. The van der Waals surface area contributed by atoms with Crippen LogP contribution in [0.5, 0.6) is 0 Å². The first-order chi connectivity index (χ1) is 14.5. The fourth-order valence-corrected chi connectivity index (χ4v) is 3.95. The van der Waals surface area contributed by atoms with Gasteiger partial charge in [-0.3, -0.25) is 9.59 Å². The monoisotopic (exact) mass is 428 g/mol. The zero-order valence-electron chi connectivity index (χ0n) is 19.6. The van der Waals surface area contributed by atoms with Crippen molar-refractivity contribution >= 4 is 11.6 Å². The van der Waals surface area contributed by atoms with Gasteiger partial charge < -0.3 is 15.3 Å². The molecule has 0 aliphatic heterocycles. The van der Waals surface area contributed by atoms with Crippen molar-refractivity contribution in [3.05, 3.63) is 0 Å². The first-order valence-corrected chi connectivity index (χ1v) is 12.5. The minimum atomic E-state index is -1.64. The van der Waals surface area contributed by atoms with E-state index >= 15 is 0 Å². The first kappa shape index (κ1) is 29.2. The molecule has 5 heteroatoms. The fraction of sp³-hybridized carbons (Fsp3) is 0.920. The highest BCUT2D eigenvalue weighted by atomic mass is 16.3. The van der Waals surface area contributed by atoms with Gasteiger partial charge in [0.05, 0.1) is 12.7 Å². The van der Waals surface area contributed by atoms with Gasteiger partial charge in [0, 0.05) is 6.42 Å². The van der Waals surface area contributed by atoms with Gasteiger partial charge in [0.15, 0.2) is 0 Å². The Hall–Kier alpha value is -0.780. The molecule has 0 heterocycles. The lowest BCUT2D eigenvalue weighted by Crippen LogP contribution is -2.34. The number of Topliss-reactive ketones (excluding diaryl/α,β-unsaturated/α-hetero) is 2. The van der Waals surface area contributed by atoms with Crippen molar-refractivity contribution in [2.45, 2.75) is 135 Å². The molecule has 3 unspecified atom stereocenters. The molecule has 0 aromatic carbocycles. The molecule has 0 saturated carbocycles. The van der Waals surface area contributed by atoms with Crippen LogP contribution in [0.3, 0.4) is 0 Å². The summed E-state index contributed by atoms with van der Waals surface area (Å²) in [6.45, 7) is 3.60. The maximum Gasteiger partial charge on any atom is 0.229 e. The van der Waals surface area contributed by atoms with Crippen molar-refractivity contribution in [3.63, 3.8) is 0 Å². The number of carbonyl (C=O) groups excluding carboxylic acids is 2. The molecule has 5 nitrogen and oxygen atoms in total. The van der Waals surface area contributed by atoms with Crippen LogP contribution in [-0.2, 0) is 9.59 Å². The molecule has 178 valence electrons. The summed E-state index contributed by atoms with van der Waals surface area (Å²) in [5.41, 5.74) is 0. The number of hydrogen-bond acceptors (Lipinski definition) is 5. The quantitative estimate of drug-likeness (QED) is 0.164. The van der Waals surface area contributed by atoms with Crippen molar-refractivity contribution < 1.29 is 24.9 Å². The average Bonchev–Trinajstić information content (AvgIpc) is 2.75. The van der Waals surface area contributed by atoms with Crippen molar-refractivity contribution in [2.75, 3.05) is 6.61 Å². The van der Waals surface area contributed by atoms with E-state index in [1.165, 1.54) is 57.8 Å². The molecular formula is C25H48O5. The van der Waals surface area contributed by atoms with Crippen molar-refractivity contribution in [2.24, 2.45) is 5.92 Å². The summed E-state index contributed by atoms with van der Waals surface area (Å²) >= 11 is 0. The molecule has 3 N–H and O–H groups in total.